The van der Waals surface area contributed by atoms with Gasteiger partial charge in [0.15, 0.2) is 0 Å². The summed E-state index contributed by atoms with van der Waals surface area (Å²) in [6.45, 7) is 0. The van der Waals surface area contributed by atoms with Crippen LogP contribution in [-0.2, 0) is 0 Å². The quantitative estimate of drug-likeness (QED) is 0.368. The molecule has 0 saturated heterocycles. The molecule has 1 aliphatic carbocycles. The van der Waals surface area contributed by atoms with Crippen molar-refractivity contribution in [1.82, 2.24) is 0 Å². The van der Waals surface area contributed by atoms with Gasteiger partial charge in [-0.2, -0.15) is 13.2 Å². The topological polar surface area (TPSA) is 0 Å². The average molecular weight is 298 g/mol. The van der Waals surface area contributed by atoms with Crippen LogP contribution in [0.4, 0.5) is 13.2 Å². The van der Waals surface area contributed by atoms with Gasteiger partial charge >= 0.3 is 5.51 Å². The lowest BCUT2D eigenvalue weighted by Crippen LogP contribution is -1.98. The van der Waals surface area contributed by atoms with Crippen LogP contribution in [0.3, 0.4) is 0 Å². The van der Waals surface area contributed by atoms with E-state index in [9.17, 15) is 13.2 Å². The van der Waals surface area contributed by atoms with Crippen molar-refractivity contribution < 1.29 is 13.2 Å². The maximum Gasteiger partial charge on any atom is 0.446 e. The molecule has 1 aliphatic rings. The summed E-state index contributed by atoms with van der Waals surface area (Å²) in [5.41, 5.74) is -3.44. The molecule has 0 aliphatic heterocycles. The minimum absolute atomic E-state index is 0.0898. The zero-order chi connectivity index (χ0) is 14.4. The first-order chi connectivity index (χ1) is 9.53. The lowest BCUT2D eigenvalue weighted by atomic mass is 10.0. The Kier molecular flexibility index (Phi) is 5.42. The normalized spacial score (nSPS) is 17.1. The van der Waals surface area contributed by atoms with Gasteiger partial charge in [-0.1, -0.05) is 37.5 Å². The van der Waals surface area contributed by atoms with E-state index in [0.29, 0.717) is 5.92 Å². The molecule has 0 radical (unpaired) electrons. The van der Waals surface area contributed by atoms with E-state index >= 15 is 0 Å². The van der Waals surface area contributed by atoms with Crippen LogP contribution in [0, 0.1) is 17.8 Å². The summed E-state index contributed by atoms with van der Waals surface area (Å²) in [6.07, 6.45) is 7.36. The van der Waals surface area contributed by atoms with E-state index in [1.165, 1.54) is 37.8 Å². The van der Waals surface area contributed by atoms with Crippen LogP contribution >= 0.6 is 11.8 Å². The molecule has 0 unspecified atom stereocenters. The molecule has 0 nitrogen and oxygen atoms in total. The molecule has 20 heavy (non-hydrogen) atoms. The summed E-state index contributed by atoms with van der Waals surface area (Å²) in [5.74, 6) is 6.80. The first-order valence-electron chi connectivity index (χ1n) is 6.90. The van der Waals surface area contributed by atoms with Gasteiger partial charge in [0, 0.05) is 16.4 Å². The Morgan fingerprint density at radius 3 is 2.10 bits per heavy atom. The van der Waals surface area contributed by atoms with Crippen molar-refractivity contribution in [2.24, 2.45) is 5.92 Å². The molecule has 0 bridgehead atoms. The summed E-state index contributed by atoms with van der Waals surface area (Å²) in [7, 11) is 0. The Morgan fingerprint density at radius 2 is 1.55 bits per heavy atom. The maximum atomic E-state index is 12.2. The second kappa shape index (κ2) is 7.08. The second-order valence-corrected chi connectivity index (χ2v) is 6.17. The van der Waals surface area contributed by atoms with Gasteiger partial charge in [0.1, 0.15) is 0 Å². The first-order valence-corrected chi connectivity index (χ1v) is 7.72. The molecule has 1 saturated carbocycles. The minimum atomic E-state index is -4.23. The Labute approximate surface area is 122 Å². The number of rotatable bonds is 1. The van der Waals surface area contributed by atoms with Crippen molar-refractivity contribution in [3.05, 3.63) is 29.8 Å². The molecule has 0 heterocycles. The van der Waals surface area contributed by atoms with E-state index in [0.717, 1.165) is 18.4 Å². The van der Waals surface area contributed by atoms with Crippen LogP contribution < -0.4 is 0 Å². The number of hydrogen-bond donors (Lipinski definition) is 0. The predicted octanol–water partition coefficient (Wildman–Crippen LogP) is 5.62. The second-order valence-electron chi connectivity index (χ2n) is 5.03. The van der Waals surface area contributed by atoms with Crippen molar-refractivity contribution in [3.63, 3.8) is 0 Å². The predicted molar refractivity (Wildman–Crippen MR) is 76.4 cm³/mol. The minimum Gasteiger partial charge on any atom is -0.160 e. The summed E-state index contributed by atoms with van der Waals surface area (Å²) >= 11 is -0.0898. The van der Waals surface area contributed by atoms with Gasteiger partial charge in [-0.25, -0.2) is 0 Å². The zero-order valence-electron chi connectivity index (χ0n) is 11.2. The highest BCUT2D eigenvalue weighted by Gasteiger charge is 2.28. The fourth-order valence-electron chi connectivity index (χ4n) is 2.35. The van der Waals surface area contributed by atoms with Gasteiger partial charge in [-0.3, -0.25) is 0 Å². The van der Waals surface area contributed by atoms with Gasteiger partial charge in [0.25, 0.3) is 0 Å². The largest absolute Gasteiger partial charge is 0.446 e. The fourth-order valence-corrected chi connectivity index (χ4v) is 2.89. The summed E-state index contributed by atoms with van der Waals surface area (Å²) in [4.78, 5) is 0.206. The third-order valence-electron chi connectivity index (χ3n) is 3.36. The Balaban J connectivity index is 1.96. The van der Waals surface area contributed by atoms with Crippen LogP contribution in [0.1, 0.15) is 44.1 Å². The highest BCUT2D eigenvalue weighted by atomic mass is 32.2. The van der Waals surface area contributed by atoms with Crippen molar-refractivity contribution >= 4 is 11.8 Å². The standard InChI is InChI=1S/C16H17F3S/c17-16(18,19)20-15-11-9-14(10-12-15)8-7-13-5-3-1-2-4-6-13/h9-13H,1-6H2. The number of hydrogen-bond acceptors (Lipinski definition) is 1. The van der Waals surface area contributed by atoms with Gasteiger partial charge in [0.2, 0.25) is 0 Å². The van der Waals surface area contributed by atoms with E-state index in [4.69, 9.17) is 0 Å². The monoisotopic (exact) mass is 298 g/mol. The van der Waals surface area contributed by atoms with E-state index in [2.05, 4.69) is 11.8 Å². The summed E-state index contributed by atoms with van der Waals surface area (Å²) < 4.78 is 36.6. The van der Waals surface area contributed by atoms with Gasteiger partial charge in [0.05, 0.1) is 0 Å². The van der Waals surface area contributed by atoms with E-state index in [1.807, 2.05) is 0 Å². The van der Waals surface area contributed by atoms with E-state index in [1.54, 1.807) is 12.1 Å². The SMILES string of the molecule is FC(F)(F)Sc1ccc(C#CC2CCCCCC2)cc1. The average Bonchev–Trinajstić information content (AvgIpc) is 2.65. The van der Waals surface area contributed by atoms with Crippen LogP contribution in [0.2, 0.25) is 0 Å². The number of thioether (sulfide) groups is 1. The molecule has 0 N–H and O–H groups in total. The van der Waals surface area contributed by atoms with Crippen molar-refractivity contribution in [3.8, 4) is 11.8 Å². The molecule has 0 atom stereocenters. The molecule has 0 spiro atoms. The van der Waals surface area contributed by atoms with Crippen LogP contribution in [0.15, 0.2) is 29.2 Å². The lowest BCUT2D eigenvalue weighted by molar-refractivity contribution is -0.0328. The molecular weight excluding hydrogens is 281 g/mol. The summed E-state index contributed by atoms with van der Waals surface area (Å²) in [6, 6.07) is 6.29. The number of alkyl halides is 3. The smallest absolute Gasteiger partial charge is 0.160 e. The Bertz CT molecular complexity index is 471. The Hall–Kier alpha value is -1.08. The van der Waals surface area contributed by atoms with Crippen molar-refractivity contribution in [2.75, 3.05) is 0 Å². The molecule has 1 fully saturated rings. The van der Waals surface area contributed by atoms with Gasteiger partial charge in [-0.05, 0) is 48.9 Å². The van der Waals surface area contributed by atoms with E-state index < -0.39 is 5.51 Å². The zero-order valence-corrected chi connectivity index (χ0v) is 12.0. The molecule has 1 aromatic rings. The number of benzene rings is 1. The van der Waals surface area contributed by atoms with Gasteiger partial charge in [-0.15, -0.1) is 0 Å². The van der Waals surface area contributed by atoms with Crippen molar-refractivity contribution in [2.45, 2.75) is 48.9 Å². The Morgan fingerprint density at radius 1 is 0.950 bits per heavy atom. The molecule has 0 aromatic heterocycles. The number of halogens is 3. The van der Waals surface area contributed by atoms with Gasteiger partial charge < -0.3 is 0 Å². The highest BCUT2D eigenvalue weighted by Crippen LogP contribution is 2.36. The highest BCUT2D eigenvalue weighted by molar-refractivity contribution is 8.00. The van der Waals surface area contributed by atoms with Crippen molar-refractivity contribution in [1.29, 1.82) is 0 Å². The lowest BCUT2D eigenvalue weighted by Gasteiger charge is -2.05. The molecule has 108 valence electrons. The third kappa shape index (κ3) is 5.50. The van der Waals surface area contributed by atoms with E-state index in [-0.39, 0.29) is 16.7 Å². The van der Waals surface area contributed by atoms with Crippen LogP contribution in [0.5, 0.6) is 0 Å². The maximum absolute atomic E-state index is 12.2. The summed E-state index contributed by atoms with van der Waals surface area (Å²) in [5, 5.41) is 0. The molecule has 4 heteroatoms. The molecule has 2 rings (SSSR count). The fraction of sp³-hybridized carbons (Fsp3) is 0.500. The third-order valence-corrected chi connectivity index (χ3v) is 4.10. The molecule has 0 amide bonds. The van der Waals surface area contributed by atoms with Crippen LogP contribution in [-0.4, -0.2) is 5.51 Å². The molecule has 1 aromatic carbocycles. The first kappa shape index (κ1) is 15.3. The van der Waals surface area contributed by atoms with Crippen LogP contribution in [0.25, 0.3) is 0 Å². The molecular formula is C16H17F3S.